The van der Waals surface area contributed by atoms with Gasteiger partial charge in [0.25, 0.3) is 5.91 Å². The standard InChI is InChI=1S/C24H24N4O2/c1-15-7-8-20-18(13-15)19-14-27(2)12-9-21(19)28(20)24(30)17-6-4-3-5-16(17)22(29)23-25-10-11-26-23/h3-8,10-11,13,19,21H,9,12,14H2,1-2H3,(H,25,26). The highest BCUT2D eigenvalue weighted by Crippen LogP contribution is 2.45. The number of piperidine rings is 1. The zero-order valence-corrected chi connectivity index (χ0v) is 17.1. The molecule has 2 atom stereocenters. The van der Waals surface area contributed by atoms with Gasteiger partial charge in [-0.15, -0.1) is 0 Å². The van der Waals surface area contributed by atoms with Gasteiger partial charge in [0.1, 0.15) is 0 Å². The van der Waals surface area contributed by atoms with E-state index in [0.29, 0.717) is 11.1 Å². The third-order valence-electron chi connectivity index (χ3n) is 6.29. The third-order valence-corrected chi connectivity index (χ3v) is 6.29. The van der Waals surface area contributed by atoms with Gasteiger partial charge in [0.2, 0.25) is 5.78 Å². The van der Waals surface area contributed by atoms with E-state index in [2.05, 4.69) is 47.0 Å². The van der Waals surface area contributed by atoms with Crippen molar-refractivity contribution < 1.29 is 9.59 Å². The van der Waals surface area contributed by atoms with E-state index in [0.717, 1.165) is 25.2 Å². The Morgan fingerprint density at radius 2 is 1.93 bits per heavy atom. The van der Waals surface area contributed by atoms with Gasteiger partial charge in [0.15, 0.2) is 5.82 Å². The number of carbonyl (C=O) groups excluding carboxylic acids is 2. The molecule has 2 aliphatic rings. The molecule has 1 aromatic heterocycles. The van der Waals surface area contributed by atoms with Crippen LogP contribution in [0, 0.1) is 6.92 Å². The molecule has 2 aromatic carbocycles. The van der Waals surface area contributed by atoms with Gasteiger partial charge in [-0.25, -0.2) is 4.98 Å². The van der Waals surface area contributed by atoms with E-state index in [-0.39, 0.29) is 29.5 Å². The number of nitrogens with zero attached hydrogens (tertiary/aromatic N) is 3. The molecule has 0 spiro atoms. The summed E-state index contributed by atoms with van der Waals surface area (Å²) in [5.41, 5.74) is 4.20. The summed E-state index contributed by atoms with van der Waals surface area (Å²) in [6.45, 7) is 3.96. The molecule has 1 amide bonds. The van der Waals surface area contributed by atoms with Crippen LogP contribution >= 0.6 is 0 Å². The van der Waals surface area contributed by atoms with Gasteiger partial charge in [0, 0.05) is 42.1 Å². The van der Waals surface area contributed by atoms with Gasteiger partial charge in [-0.05, 0) is 44.6 Å². The molecule has 3 aromatic rings. The Morgan fingerprint density at radius 3 is 2.70 bits per heavy atom. The Balaban J connectivity index is 1.58. The van der Waals surface area contributed by atoms with Crippen molar-refractivity contribution in [1.82, 2.24) is 14.9 Å². The number of rotatable bonds is 3. The van der Waals surface area contributed by atoms with Crippen molar-refractivity contribution in [2.24, 2.45) is 0 Å². The predicted molar refractivity (Wildman–Crippen MR) is 115 cm³/mol. The molecule has 152 valence electrons. The Bertz CT molecular complexity index is 1120. The number of likely N-dealkylation sites (N-methyl/N-ethyl adjacent to an activating group) is 1. The smallest absolute Gasteiger partial charge is 0.259 e. The van der Waals surface area contributed by atoms with Crippen LogP contribution in [0.5, 0.6) is 0 Å². The Labute approximate surface area is 175 Å². The quantitative estimate of drug-likeness (QED) is 0.684. The lowest BCUT2D eigenvalue weighted by Crippen LogP contribution is -2.47. The second-order valence-corrected chi connectivity index (χ2v) is 8.27. The van der Waals surface area contributed by atoms with Crippen LogP contribution in [-0.4, -0.2) is 52.7 Å². The first-order valence-electron chi connectivity index (χ1n) is 10.3. The van der Waals surface area contributed by atoms with Crippen LogP contribution in [0.25, 0.3) is 0 Å². The molecule has 2 unspecified atom stereocenters. The number of nitrogens with one attached hydrogen (secondary N) is 1. The molecule has 6 heteroatoms. The molecule has 1 fully saturated rings. The Kier molecular flexibility index (Phi) is 4.51. The summed E-state index contributed by atoms with van der Waals surface area (Å²) in [7, 11) is 2.13. The number of hydrogen-bond acceptors (Lipinski definition) is 4. The lowest BCUT2D eigenvalue weighted by Gasteiger charge is -2.36. The van der Waals surface area contributed by atoms with Gasteiger partial charge >= 0.3 is 0 Å². The van der Waals surface area contributed by atoms with Crippen LogP contribution in [0.1, 0.15) is 50.0 Å². The summed E-state index contributed by atoms with van der Waals surface area (Å²) < 4.78 is 0. The average molecular weight is 400 g/mol. The first kappa shape index (κ1) is 18.8. The van der Waals surface area contributed by atoms with Crippen molar-refractivity contribution in [3.8, 4) is 0 Å². The minimum atomic E-state index is -0.271. The van der Waals surface area contributed by atoms with Crippen molar-refractivity contribution in [2.45, 2.75) is 25.3 Å². The number of likely N-dealkylation sites (tertiary alicyclic amines) is 1. The zero-order chi connectivity index (χ0) is 20.8. The Hall–Kier alpha value is -3.25. The van der Waals surface area contributed by atoms with Crippen molar-refractivity contribution in [2.75, 3.05) is 25.0 Å². The topological polar surface area (TPSA) is 69.3 Å². The third kappa shape index (κ3) is 2.95. The van der Waals surface area contributed by atoms with Gasteiger partial charge in [-0.3, -0.25) is 9.59 Å². The van der Waals surface area contributed by atoms with E-state index >= 15 is 0 Å². The maximum atomic E-state index is 13.9. The molecule has 0 saturated carbocycles. The number of amides is 1. The summed E-state index contributed by atoms with van der Waals surface area (Å²) in [5.74, 6) is 0.139. The molecule has 0 bridgehead atoms. The zero-order valence-electron chi connectivity index (χ0n) is 17.1. The van der Waals surface area contributed by atoms with Crippen LogP contribution < -0.4 is 4.90 Å². The highest BCUT2D eigenvalue weighted by molar-refractivity contribution is 6.17. The first-order valence-corrected chi connectivity index (χ1v) is 10.3. The van der Waals surface area contributed by atoms with E-state index in [9.17, 15) is 9.59 Å². The van der Waals surface area contributed by atoms with Gasteiger partial charge in [-0.2, -0.15) is 0 Å². The number of fused-ring (bicyclic) bond motifs is 3. The van der Waals surface area contributed by atoms with Crippen molar-refractivity contribution in [3.05, 3.63) is 82.9 Å². The summed E-state index contributed by atoms with van der Waals surface area (Å²) >= 11 is 0. The van der Waals surface area contributed by atoms with Crippen molar-refractivity contribution >= 4 is 17.4 Å². The molecule has 1 saturated heterocycles. The predicted octanol–water partition coefficient (Wildman–Crippen LogP) is 3.40. The average Bonchev–Trinajstić information content (AvgIpc) is 3.39. The minimum Gasteiger partial charge on any atom is -0.342 e. The minimum absolute atomic E-state index is 0.109. The maximum Gasteiger partial charge on any atom is 0.259 e. The van der Waals surface area contributed by atoms with E-state index in [1.54, 1.807) is 30.6 Å². The fourth-order valence-corrected chi connectivity index (χ4v) is 4.86. The van der Waals surface area contributed by atoms with Crippen molar-refractivity contribution in [3.63, 3.8) is 0 Å². The summed E-state index contributed by atoms with van der Waals surface area (Å²) in [6, 6.07) is 13.5. The van der Waals surface area contributed by atoms with Gasteiger partial charge in [-0.1, -0.05) is 35.9 Å². The summed E-state index contributed by atoms with van der Waals surface area (Å²) in [4.78, 5) is 38.0. The number of aromatic nitrogens is 2. The molecule has 30 heavy (non-hydrogen) atoms. The molecule has 0 radical (unpaired) electrons. The van der Waals surface area contributed by atoms with Gasteiger partial charge < -0.3 is 14.8 Å². The highest BCUT2D eigenvalue weighted by Gasteiger charge is 2.44. The first-order chi connectivity index (χ1) is 14.5. The number of aromatic amines is 1. The molecule has 5 rings (SSSR count). The second-order valence-electron chi connectivity index (χ2n) is 8.27. The fourth-order valence-electron chi connectivity index (χ4n) is 4.86. The monoisotopic (exact) mass is 400 g/mol. The summed E-state index contributed by atoms with van der Waals surface area (Å²) in [5, 5.41) is 0. The molecular formula is C24H24N4O2. The maximum absolute atomic E-state index is 13.9. The van der Waals surface area contributed by atoms with Crippen LogP contribution in [0.4, 0.5) is 5.69 Å². The fraction of sp³-hybridized carbons (Fsp3) is 0.292. The van der Waals surface area contributed by atoms with E-state index in [4.69, 9.17) is 0 Å². The van der Waals surface area contributed by atoms with Gasteiger partial charge in [0.05, 0.1) is 5.56 Å². The largest absolute Gasteiger partial charge is 0.342 e. The number of hydrogen-bond donors (Lipinski definition) is 1. The van der Waals surface area contributed by atoms with Crippen molar-refractivity contribution in [1.29, 1.82) is 0 Å². The SMILES string of the molecule is Cc1ccc2c(c1)C1CN(C)CCC1N2C(=O)c1ccccc1C(=O)c1ncc[nH]1. The number of imidazole rings is 1. The lowest BCUT2D eigenvalue weighted by atomic mass is 9.88. The summed E-state index contributed by atoms with van der Waals surface area (Å²) in [6.07, 6.45) is 4.06. The number of benzene rings is 2. The Morgan fingerprint density at radius 1 is 1.13 bits per heavy atom. The molecule has 2 aliphatic heterocycles. The molecular weight excluding hydrogens is 376 g/mol. The number of ketones is 1. The molecule has 6 nitrogen and oxygen atoms in total. The number of aryl methyl sites for hydroxylation is 1. The van der Waals surface area contributed by atoms with E-state index in [1.165, 1.54) is 11.1 Å². The molecule has 1 N–H and O–H groups in total. The van der Waals surface area contributed by atoms with Crippen LogP contribution in [0.2, 0.25) is 0 Å². The van der Waals surface area contributed by atoms with Crippen LogP contribution in [-0.2, 0) is 0 Å². The highest BCUT2D eigenvalue weighted by atomic mass is 16.2. The lowest BCUT2D eigenvalue weighted by molar-refractivity contribution is 0.0951. The normalized spacial score (nSPS) is 20.7. The number of carbonyl (C=O) groups is 2. The van der Waals surface area contributed by atoms with Crippen LogP contribution in [0.3, 0.4) is 0 Å². The molecule has 0 aliphatic carbocycles. The van der Waals surface area contributed by atoms with E-state index in [1.807, 2.05) is 11.0 Å². The second kappa shape index (κ2) is 7.22. The van der Waals surface area contributed by atoms with E-state index < -0.39 is 0 Å². The van der Waals surface area contributed by atoms with Crippen LogP contribution in [0.15, 0.2) is 54.9 Å². The number of H-pyrrole nitrogens is 1. The number of anilines is 1. The molecule has 3 heterocycles.